The highest BCUT2D eigenvalue weighted by atomic mass is 79.9. The van der Waals surface area contributed by atoms with E-state index in [9.17, 15) is 0 Å². The molecule has 0 aliphatic heterocycles. The Morgan fingerprint density at radius 3 is 2.63 bits per heavy atom. The smallest absolute Gasteiger partial charge is 0.139 e. The summed E-state index contributed by atoms with van der Waals surface area (Å²) in [5.41, 5.74) is 7.02. The van der Waals surface area contributed by atoms with Gasteiger partial charge in [0.2, 0.25) is 0 Å². The Morgan fingerprint density at radius 2 is 2.05 bits per heavy atom. The SMILES string of the molecule is CCOc1cc(Cl)c(C(N)c2ccc(Br)s2)cc1Cl. The number of hydrogen-bond donors (Lipinski definition) is 1. The fourth-order valence-electron chi connectivity index (χ4n) is 1.70. The topological polar surface area (TPSA) is 35.2 Å². The fourth-order valence-corrected chi connectivity index (χ4v) is 3.64. The van der Waals surface area contributed by atoms with Crippen LogP contribution in [0.15, 0.2) is 28.1 Å². The van der Waals surface area contributed by atoms with Crippen molar-refractivity contribution >= 4 is 50.5 Å². The van der Waals surface area contributed by atoms with Crippen LogP contribution < -0.4 is 10.5 Å². The lowest BCUT2D eigenvalue weighted by Crippen LogP contribution is -2.11. The molecule has 1 atom stereocenters. The van der Waals surface area contributed by atoms with Crippen LogP contribution >= 0.6 is 50.5 Å². The molecule has 6 heteroatoms. The van der Waals surface area contributed by atoms with Crippen molar-refractivity contribution in [3.8, 4) is 5.75 Å². The van der Waals surface area contributed by atoms with Gasteiger partial charge < -0.3 is 10.5 Å². The largest absolute Gasteiger partial charge is 0.492 e. The molecule has 2 N–H and O–H groups in total. The molecule has 0 radical (unpaired) electrons. The minimum absolute atomic E-state index is 0.294. The number of ether oxygens (including phenoxy) is 1. The number of hydrogen-bond acceptors (Lipinski definition) is 3. The third-order valence-electron chi connectivity index (χ3n) is 2.59. The summed E-state index contributed by atoms with van der Waals surface area (Å²) < 4.78 is 6.43. The predicted molar refractivity (Wildman–Crippen MR) is 85.7 cm³/mol. The first-order valence-corrected chi connectivity index (χ1v) is 8.02. The monoisotopic (exact) mass is 379 g/mol. The van der Waals surface area contributed by atoms with Gasteiger partial charge in [-0.25, -0.2) is 0 Å². The summed E-state index contributed by atoms with van der Waals surface area (Å²) >= 11 is 17.4. The van der Waals surface area contributed by atoms with E-state index in [-0.39, 0.29) is 6.04 Å². The molecule has 102 valence electrons. The summed E-state index contributed by atoms with van der Waals surface area (Å²) in [5.74, 6) is 0.581. The van der Waals surface area contributed by atoms with E-state index >= 15 is 0 Å². The van der Waals surface area contributed by atoms with E-state index < -0.39 is 0 Å². The highest BCUT2D eigenvalue weighted by Crippen LogP contribution is 2.37. The van der Waals surface area contributed by atoms with Gasteiger partial charge in [0.25, 0.3) is 0 Å². The van der Waals surface area contributed by atoms with Gasteiger partial charge in [-0.1, -0.05) is 23.2 Å². The van der Waals surface area contributed by atoms with Crippen molar-refractivity contribution in [2.75, 3.05) is 6.61 Å². The molecule has 1 heterocycles. The number of thiophene rings is 1. The van der Waals surface area contributed by atoms with E-state index in [1.807, 2.05) is 19.1 Å². The lowest BCUT2D eigenvalue weighted by Gasteiger charge is -2.15. The molecule has 1 aromatic carbocycles. The van der Waals surface area contributed by atoms with Crippen molar-refractivity contribution in [2.45, 2.75) is 13.0 Å². The van der Waals surface area contributed by atoms with Gasteiger partial charge in [-0.15, -0.1) is 11.3 Å². The molecule has 0 spiro atoms. The Bertz CT molecular complexity index is 588. The van der Waals surface area contributed by atoms with Gasteiger partial charge in [-0.3, -0.25) is 0 Å². The molecular formula is C13H12BrCl2NOS. The second-order valence-corrected chi connectivity index (χ2v) is 7.17. The number of benzene rings is 1. The zero-order chi connectivity index (χ0) is 14.0. The Morgan fingerprint density at radius 1 is 1.32 bits per heavy atom. The molecule has 2 rings (SSSR count). The minimum atomic E-state index is -0.294. The van der Waals surface area contributed by atoms with Crippen molar-refractivity contribution in [1.82, 2.24) is 0 Å². The van der Waals surface area contributed by atoms with Gasteiger partial charge in [0.1, 0.15) is 5.75 Å². The summed E-state index contributed by atoms with van der Waals surface area (Å²) in [4.78, 5) is 1.02. The summed E-state index contributed by atoms with van der Waals surface area (Å²) in [6.07, 6.45) is 0. The Labute approximate surface area is 134 Å². The van der Waals surface area contributed by atoms with Crippen LogP contribution in [0.1, 0.15) is 23.4 Å². The summed E-state index contributed by atoms with van der Waals surface area (Å²) in [5, 5.41) is 1.08. The second kappa shape index (κ2) is 6.46. The van der Waals surface area contributed by atoms with E-state index in [0.29, 0.717) is 22.4 Å². The van der Waals surface area contributed by atoms with E-state index in [1.165, 1.54) is 0 Å². The highest BCUT2D eigenvalue weighted by Gasteiger charge is 2.17. The first-order valence-electron chi connectivity index (χ1n) is 5.65. The fraction of sp³-hybridized carbons (Fsp3) is 0.231. The number of rotatable bonds is 4. The van der Waals surface area contributed by atoms with Crippen molar-refractivity contribution in [3.05, 3.63) is 48.5 Å². The zero-order valence-corrected chi connectivity index (χ0v) is 14.0. The molecule has 2 aromatic rings. The van der Waals surface area contributed by atoms with E-state index in [1.54, 1.807) is 23.5 Å². The average molecular weight is 381 g/mol. The van der Waals surface area contributed by atoms with E-state index in [0.717, 1.165) is 14.2 Å². The first-order chi connectivity index (χ1) is 9.02. The van der Waals surface area contributed by atoms with Crippen LogP contribution in [0.25, 0.3) is 0 Å². The van der Waals surface area contributed by atoms with Crippen LogP contribution in [-0.2, 0) is 0 Å². The second-order valence-electron chi connectivity index (χ2n) is 3.86. The predicted octanol–water partition coefficient (Wildman–Crippen LogP) is 5.26. The Balaban J connectivity index is 2.37. The van der Waals surface area contributed by atoms with Crippen LogP contribution in [0.2, 0.25) is 10.0 Å². The quantitative estimate of drug-likeness (QED) is 0.784. The standard InChI is InChI=1S/C13H12BrCl2NOS/c1-2-18-10-6-8(15)7(5-9(10)16)13(17)11-3-4-12(14)19-11/h3-6,13H,2,17H2,1H3. The third-order valence-corrected chi connectivity index (χ3v) is 4.92. The first kappa shape index (κ1) is 15.1. The zero-order valence-electron chi connectivity index (χ0n) is 10.1. The summed E-state index contributed by atoms with van der Waals surface area (Å²) in [7, 11) is 0. The van der Waals surface area contributed by atoms with Gasteiger partial charge in [-0.2, -0.15) is 0 Å². The molecule has 19 heavy (non-hydrogen) atoms. The van der Waals surface area contributed by atoms with Gasteiger partial charge in [0, 0.05) is 16.0 Å². The normalized spacial score (nSPS) is 12.5. The third kappa shape index (κ3) is 3.44. The lowest BCUT2D eigenvalue weighted by molar-refractivity contribution is 0.340. The van der Waals surface area contributed by atoms with Crippen LogP contribution in [0, 0.1) is 0 Å². The van der Waals surface area contributed by atoms with E-state index in [2.05, 4.69) is 15.9 Å². The molecule has 1 aromatic heterocycles. The molecule has 0 fully saturated rings. The van der Waals surface area contributed by atoms with Crippen LogP contribution in [-0.4, -0.2) is 6.61 Å². The maximum Gasteiger partial charge on any atom is 0.139 e. The Kier molecular flexibility index (Phi) is 5.15. The molecule has 0 amide bonds. The van der Waals surface area contributed by atoms with Crippen molar-refractivity contribution in [1.29, 1.82) is 0 Å². The molecule has 0 aliphatic carbocycles. The number of halogens is 3. The molecule has 1 unspecified atom stereocenters. The van der Waals surface area contributed by atoms with Crippen molar-refractivity contribution in [2.24, 2.45) is 5.73 Å². The summed E-state index contributed by atoms with van der Waals surface area (Å²) in [6, 6.07) is 7.12. The van der Waals surface area contributed by atoms with Crippen LogP contribution in [0.5, 0.6) is 5.75 Å². The maximum absolute atomic E-state index is 6.26. The minimum Gasteiger partial charge on any atom is -0.492 e. The van der Waals surface area contributed by atoms with Gasteiger partial charge >= 0.3 is 0 Å². The molecule has 2 nitrogen and oxygen atoms in total. The van der Waals surface area contributed by atoms with E-state index in [4.69, 9.17) is 33.7 Å². The van der Waals surface area contributed by atoms with Gasteiger partial charge in [-0.05, 0) is 46.6 Å². The van der Waals surface area contributed by atoms with Gasteiger partial charge in [0.15, 0.2) is 0 Å². The van der Waals surface area contributed by atoms with Crippen LogP contribution in [0.3, 0.4) is 0 Å². The molecule has 0 saturated carbocycles. The van der Waals surface area contributed by atoms with Crippen LogP contribution in [0.4, 0.5) is 0 Å². The molecule has 0 saturated heterocycles. The summed E-state index contributed by atoms with van der Waals surface area (Å²) in [6.45, 7) is 2.44. The average Bonchev–Trinajstić information content (AvgIpc) is 2.79. The molecule has 0 bridgehead atoms. The lowest BCUT2D eigenvalue weighted by atomic mass is 10.1. The van der Waals surface area contributed by atoms with Crippen molar-refractivity contribution in [3.63, 3.8) is 0 Å². The van der Waals surface area contributed by atoms with Crippen molar-refractivity contribution < 1.29 is 4.74 Å². The maximum atomic E-state index is 6.26. The Hall–Kier alpha value is -0.260. The number of nitrogens with two attached hydrogens (primary N) is 1. The molecular weight excluding hydrogens is 369 g/mol. The highest BCUT2D eigenvalue weighted by molar-refractivity contribution is 9.11. The molecule has 0 aliphatic rings. The van der Waals surface area contributed by atoms with Gasteiger partial charge in [0.05, 0.1) is 21.5 Å².